The molecule has 0 amide bonds. The maximum absolute atomic E-state index is 14.2. The molecule has 2 aromatic rings. The molecule has 2 rings (SSSR count). The fraction of sp³-hybridized carbons (Fsp3) is 0.263. The van der Waals surface area contributed by atoms with Crippen LogP contribution < -0.4 is 10.0 Å². The molecule has 0 bridgehead atoms. The Hall–Kier alpha value is -3.12. The van der Waals surface area contributed by atoms with Gasteiger partial charge < -0.3 is 14.8 Å². The zero-order valence-corrected chi connectivity index (χ0v) is 17.2. The minimum atomic E-state index is -5.46. The molecule has 0 saturated heterocycles. The first-order valence-corrected chi connectivity index (χ1v) is 10.2. The lowest BCUT2D eigenvalue weighted by Crippen LogP contribution is -2.69. The standard InChI is InChI=1S/C19H19F3N2O6S/c1-3-30-17(26)18(19(20,21)22,24-31(27,28)15-7-5-4-6-8-15)23-14-11-9-13(10-12-14)16(25)29-2/h4-12,23-24H,3H2,1-2H3/t18-/m1/s1. The summed E-state index contributed by atoms with van der Waals surface area (Å²) in [5.74, 6) is -2.64. The van der Waals surface area contributed by atoms with Crippen LogP contribution >= 0.6 is 0 Å². The second kappa shape index (κ2) is 9.35. The van der Waals surface area contributed by atoms with E-state index >= 15 is 0 Å². The molecular formula is C19H19F3N2O6S. The SMILES string of the molecule is CCOC(=O)[C@@](Nc1ccc(C(=O)OC)cc1)(NS(=O)(=O)c1ccccc1)C(F)(F)F. The highest BCUT2D eigenvalue weighted by molar-refractivity contribution is 7.89. The Bertz CT molecular complexity index is 1030. The maximum atomic E-state index is 14.2. The van der Waals surface area contributed by atoms with Gasteiger partial charge in [-0.25, -0.2) is 18.0 Å². The molecule has 8 nitrogen and oxygen atoms in total. The normalized spacial score (nSPS) is 13.7. The molecule has 31 heavy (non-hydrogen) atoms. The number of alkyl halides is 3. The van der Waals surface area contributed by atoms with Gasteiger partial charge in [0.15, 0.2) is 0 Å². The van der Waals surface area contributed by atoms with Crippen molar-refractivity contribution in [3.63, 3.8) is 0 Å². The molecular weight excluding hydrogens is 441 g/mol. The number of anilines is 1. The zero-order chi connectivity index (χ0) is 23.3. The zero-order valence-electron chi connectivity index (χ0n) is 16.4. The number of hydrogen-bond acceptors (Lipinski definition) is 7. The van der Waals surface area contributed by atoms with Gasteiger partial charge in [-0.2, -0.15) is 17.9 Å². The molecule has 0 aliphatic heterocycles. The van der Waals surface area contributed by atoms with Crippen LogP contribution in [0.1, 0.15) is 17.3 Å². The summed E-state index contributed by atoms with van der Waals surface area (Å²) in [6, 6.07) is 10.6. The minimum Gasteiger partial charge on any atom is -0.465 e. The third-order valence-electron chi connectivity index (χ3n) is 3.99. The van der Waals surface area contributed by atoms with E-state index < -0.39 is 45.3 Å². The van der Waals surface area contributed by atoms with Crippen molar-refractivity contribution >= 4 is 27.6 Å². The first-order chi connectivity index (χ1) is 14.5. The second-order valence-corrected chi connectivity index (χ2v) is 7.76. The highest BCUT2D eigenvalue weighted by Crippen LogP contribution is 2.34. The maximum Gasteiger partial charge on any atom is 0.437 e. The number of halogens is 3. The molecule has 0 aliphatic carbocycles. The Balaban J connectivity index is 2.56. The van der Waals surface area contributed by atoms with Crippen LogP contribution in [0.5, 0.6) is 0 Å². The number of esters is 2. The van der Waals surface area contributed by atoms with E-state index in [1.165, 1.54) is 29.8 Å². The Labute approximate surface area is 176 Å². The molecule has 1 atom stereocenters. The van der Waals surface area contributed by atoms with E-state index in [1.807, 2.05) is 5.32 Å². The molecule has 2 aromatic carbocycles. The Morgan fingerprint density at radius 1 is 1.00 bits per heavy atom. The Morgan fingerprint density at radius 2 is 1.58 bits per heavy atom. The third kappa shape index (κ3) is 5.33. The average molecular weight is 460 g/mol. The lowest BCUT2D eigenvalue weighted by molar-refractivity contribution is -0.202. The third-order valence-corrected chi connectivity index (χ3v) is 5.45. The number of methoxy groups -OCH3 is 1. The quantitative estimate of drug-likeness (QED) is 0.460. The number of ether oxygens (including phenoxy) is 2. The molecule has 0 fully saturated rings. The van der Waals surface area contributed by atoms with E-state index in [0.29, 0.717) is 0 Å². The largest absolute Gasteiger partial charge is 0.465 e. The first kappa shape index (κ1) is 24.2. The second-order valence-electron chi connectivity index (χ2n) is 6.08. The molecule has 0 radical (unpaired) electrons. The van der Waals surface area contributed by atoms with Gasteiger partial charge >= 0.3 is 18.1 Å². The summed E-state index contributed by atoms with van der Waals surface area (Å²) in [6.07, 6.45) is -5.46. The van der Waals surface area contributed by atoms with Crippen molar-refractivity contribution in [2.45, 2.75) is 23.7 Å². The van der Waals surface area contributed by atoms with Crippen molar-refractivity contribution in [1.29, 1.82) is 0 Å². The monoisotopic (exact) mass is 460 g/mol. The van der Waals surface area contributed by atoms with Gasteiger partial charge in [0.1, 0.15) is 0 Å². The van der Waals surface area contributed by atoms with Crippen molar-refractivity contribution in [1.82, 2.24) is 4.72 Å². The van der Waals surface area contributed by atoms with Crippen LogP contribution in [0.4, 0.5) is 18.9 Å². The van der Waals surface area contributed by atoms with Gasteiger partial charge in [0.2, 0.25) is 10.0 Å². The first-order valence-electron chi connectivity index (χ1n) is 8.76. The number of carbonyl (C=O) groups excluding carboxylic acids is 2. The molecule has 0 aliphatic rings. The van der Waals surface area contributed by atoms with Crippen LogP contribution in [0.2, 0.25) is 0 Å². The predicted molar refractivity (Wildman–Crippen MR) is 104 cm³/mol. The molecule has 168 valence electrons. The van der Waals surface area contributed by atoms with Gasteiger partial charge in [-0.15, -0.1) is 0 Å². The highest BCUT2D eigenvalue weighted by Gasteiger charge is 2.64. The van der Waals surface area contributed by atoms with Gasteiger partial charge in [0.25, 0.3) is 5.66 Å². The van der Waals surface area contributed by atoms with Crippen LogP contribution in [-0.4, -0.2) is 45.9 Å². The number of rotatable bonds is 8. The number of sulfonamides is 1. The fourth-order valence-electron chi connectivity index (χ4n) is 2.49. The molecule has 0 aromatic heterocycles. The number of nitrogens with one attached hydrogen (secondary N) is 2. The van der Waals surface area contributed by atoms with Gasteiger partial charge in [-0.1, -0.05) is 18.2 Å². The lowest BCUT2D eigenvalue weighted by atomic mass is 10.1. The summed E-state index contributed by atoms with van der Waals surface area (Å²) in [4.78, 5) is 23.5. The van der Waals surface area contributed by atoms with Gasteiger partial charge in [0, 0.05) is 5.69 Å². The molecule has 0 heterocycles. The van der Waals surface area contributed by atoms with E-state index in [2.05, 4.69) is 9.47 Å². The van der Waals surface area contributed by atoms with Crippen LogP contribution in [0.3, 0.4) is 0 Å². The van der Waals surface area contributed by atoms with Crippen molar-refractivity contribution in [3.8, 4) is 0 Å². The summed E-state index contributed by atoms with van der Waals surface area (Å²) < 4.78 is 78.3. The molecule has 0 spiro atoms. The van der Waals surface area contributed by atoms with Crippen LogP contribution in [-0.2, 0) is 24.3 Å². The van der Waals surface area contributed by atoms with E-state index in [-0.39, 0.29) is 11.3 Å². The Morgan fingerprint density at radius 3 is 2.06 bits per heavy atom. The predicted octanol–water partition coefficient (Wildman–Crippen LogP) is 2.69. The van der Waals surface area contributed by atoms with Crippen LogP contribution in [0, 0.1) is 0 Å². The average Bonchev–Trinajstić information content (AvgIpc) is 2.73. The molecule has 0 saturated carbocycles. The van der Waals surface area contributed by atoms with Gasteiger partial charge in [-0.05, 0) is 43.3 Å². The summed E-state index contributed by atoms with van der Waals surface area (Å²) >= 11 is 0. The van der Waals surface area contributed by atoms with Gasteiger partial charge in [-0.3, -0.25) is 0 Å². The molecule has 12 heteroatoms. The summed E-state index contributed by atoms with van der Waals surface area (Å²) in [6.45, 7) is 0.836. The fourth-order valence-corrected chi connectivity index (χ4v) is 3.77. The summed E-state index contributed by atoms with van der Waals surface area (Å²) in [5, 5.41) is 1.89. The molecule has 0 unspecified atom stereocenters. The Kier molecular flexibility index (Phi) is 7.28. The lowest BCUT2D eigenvalue weighted by Gasteiger charge is -2.35. The van der Waals surface area contributed by atoms with Crippen LogP contribution in [0.15, 0.2) is 59.5 Å². The van der Waals surface area contributed by atoms with E-state index in [1.54, 1.807) is 0 Å². The van der Waals surface area contributed by atoms with E-state index in [9.17, 15) is 31.2 Å². The van der Waals surface area contributed by atoms with E-state index in [4.69, 9.17) is 0 Å². The van der Waals surface area contributed by atoms with Crippen molar-refractivity contribution in [3.05, 3.63) is 60.2 Å². The van der Waals surface area contributed by atoms with Gasteiger partial charge in [0.05, 0.1) is 24.2 Å². The minimum absolute atomic E-state index is 0.0339. The highest BCUT2D eigenvalue weighted by atomic mass is 32.2. The van der Waals surface area contributed by atoms with Crippen LogP contribution in [0.25, 0.3) is 0 Å². The molecule has 2 N–H and O–H groups in total. The van der Waals surface area contributed by atoms with E-state index in [0.717, 1.165) is 43.5 Å². The summed E-state index contributed by atoms with van der Waals surface area (Å²) in [7, 11) is -3.69. The smallest absolute Gasteiger partial charge is 0.437 e. The van der Waals surface area contributed by atoms with Crippen molar-refractivity contribution in [2.75, 3.05) is 19.0 Å². The topological polar surface area (TPSA) is 111 Å². The number of benzene rings is 2. The number of hydrogen-bond donors (Lipinski definition) is 2. The number of carbonyl (C=O) groups is 2. The summed E-state index contributed by atoms with van der Waals surface area (Å²) in [5.41, 5.74) is -4.12. The van der Waals surface area contributed by atoms with Crippen molar-refractivity contribution in [2.24, 2.45) is 0 Å². The van der Waals surface area contributed by atoms with Crippen molar-refractivity contribution < 1.29 is 40.7 Å².